The number of benzene rings is 2. The Morgan fingerprint density at radius 2 is 1.92 bits per heavy atom. The van der Waals surface area contributed by atoms with Gasteiger partial charge in [-0.3, -0.25) is 0 Å². The highest BCUT2D eigenvalue weighted by Gasteiger charge is 2.06. The average Bonchev–Trinajstić information content (AvgIpc) is 2.15. The smallest absolute Gasteiger partial charge is 0.133 e. The summed E-state index contributed by atoms with van der Waals surface area (Å²) >= 11 is 3.38. The zero-order valence-corrected chi connectivity index (χ0v) is 8.80. The van der Waals surface area contributed by atoms with E-state index in [0.29, 0.717) is 5.75 Å². The van der Waals surface area contributed by atoms with Crippen LogP contribution in [0.5, 0.6) is 5.75 Å². The van der Waals surface area contributed by atoms with Gasteiger partial charge in [-0.2, -0.15) is 0 Å². The van der Waals surface area contributed by atoms with Crippen LogP contribution in [0.4, 0.5) is 0 Å². The molecular formula is C11H9BrO. The lowest BCUT2D eigenvalue weighted by molar-refractivity contribution is 0.469. The minimum absolute atomic E-state index is 0.332. The number of phenols is 1. The second-order valence-electron chi connectivity index (χ2n) is 3.08. The first kappa shape index (κ1) is 8.57. The number of fused-ring (bicyclic) bond motifs is 1. The molecule has 0 aliphatic carbocycles. The molecule has 0 amide bonds. The molecule has 0 aliphatic rings. The molecule has 0 saturated carbocycles. The Morgan fingerprint density at radius 3 is 2.69 bits per heavy atom. The number of hydrogen-bond acceptors (Lipinski definition) is 1. The minimum atomic E-state index is 0.332. The number of aromatic hydroxyl groups is 1. The largest absolute Gasteiger partial charge is 0.506 e. The van der Waals surface area contributed by atoms with E-state index in [2.05, 4.69) is 15.9 Å². The zero-order valence-electron chi connectivity index (χ0n) is 7.21. The van der Waals surface area contributed by atoms with Gasteiger partial charge in [0.15, 0.2) is 0 Å². The highest BCUT2D eigenvalue weighted by Crippen LogP contribution is 2.34. The van der Waals surface area contributed by atoms with Crippen molar-refractivity contribution >= 4 is 26.7 Å². The summed E-state index contributed by atoms with van der Waals surface area (Å²) in [5.74, 6) is 0.332. The first-order valence-corrected chi connectivity index (χ1v) is 4.86. The molecule has 2 aromatic carbocycles. The predicted octanol–water partition coefficient (Wildman–Crippen LogP) is 3.62. The minimum Gasteiger partial charge on any atom is -0.506 e. The van der Waals surface area contributed by atoms with Crippen LogP contribution >= 0.6 is 15.9 Å². The molecule has 13 heavy (non-hydrogen) atoms. The fourth-order valence-corrected chi connectivity index (χ4v) is 2.10. The number of phenolic OH excluding ortho intramolecular Hbond substituents is 1. The average molecular weight is 237 g/mol. The molecule has 0 unspecified atom stereocenters. The maximum atomic E-state index is 9.66. The van der Waals surface area contributed by atoms with Crippen LogP contribution in [0.1, 0.15) is 5.56 Å². The molecule has 2 heteroatoms. The van der Waals surface area contributed by atoms with Crippen LogP contribution in [0.3, 0.4) is 0 Å². The van der Waals surface area contributed by atoms with Crippen LogP contribution in [0, 0.1) is 6.92 Å². The number of halogens is 1. The summed E-state index contributed by atoms with van der Waals surface area (Å²) in [5, 5.41) is 11.8. The van der Waals surface area contributed by atoms with Crippen LogP contribution in [0.25, 0.3) is 10.8 Å². The van der Waals surface area contributed by atoms with Crippen molar-refractivity contribution in [3.05, 3.63) is 40.4 Å². The van der Waals surface area contributed by atoms with Crippen molar-refractivity contribution in [2.75, 3.05) is 0 Å². The highest BCUT2D eigenvalue weighted by molar-refractivity contribution is 9.10. The van der Waals surface area contributed by atoms with Crippen LogP contribution in [0.2, 0.25) is 0 Å². The normalized spacial score (nSPS) is 10.6. The van der Waals surface area contributed by atoms with Gasteiger partial charge >= 0.3 is 0 Å². The van der Waals surface area contributed by atoms with Gasteiger partial charge in [0.05, 0.1) is 4.47 Å². The molecule has 0 saturated heterocycles. The van der Waals surface area contributed by atoms with Gasteiger partial charge in [-0.15, -0.1) is 0 Å². The lowest BCUT2D eigenvalue weighted by atomic mass is 10.1. The predicted molar refractivity (Wildman–Crippen MR) is 58.0 cm³/mol. The van der Waals surface area contributed by atoms with E-state index in [1.807, 2.05) is 37.3 Å². The third-order valence-electron chi connectivity index (χ3n) is 2.15. The summed E-state index contributed by atoms with van der Waals surface area (Å²) in [6.45, 7) is 1.90. The zero-order chi connectivity index (χ0) is 9.42. The van der Waals surface area contributed by atoms with Gasteiger partial charge in [0, 0.05) is 0 Å². The second kappa shape index (κ2) is 3.04. The molecule has 2 rings (SSSR count). The van der Waals surface area contributed by atoms with Gasteiger partial charge < -0.3 is 5.11 Å². The van der Waals surface area contributed by atoms with E-state index in [-0.39, 0.29) is 0 Å². The van der Waals surface area contributed by atoms with E-state index in [1.165, 1.54) is 0 Å². The quantitative estimate of drug-likeness (QED) is 0.741. The molecule has 0 aliphatic heterocycles. The summed E-state index contributed by atoms with van der Waals surface area (Å²) in [4.78, 5) is 0. The van der Waals surface area contributed by atoms with E-state index < -0.39 is 0 Å². The molecule has 0 aromatic heterocycles. The Hall–Kier alpha value is -1.02. The fraction of sp³-hybridized carbons (Fsp3) is 0.0909. The molecule has 0 radical (unpaired) electrons. The van der Waals surface area contributed by atoms with E-state index in [1.54, 1.807) is 0 Å². The van der Waals surface area contributed by atoms with Crippen molar-refractivity contribution in [1.82, 2.24) is 0 Å². The molecule has 1 nitrogen and oxygen atoms in total. The van der Waals surface area contributed by atoms with Crippen molar-refractivity contribution in [3.63, 3.8) is 0 Å². The molecule has 0 spiro atoms. The van der Waals surface area contributed by atoms with Crippen LogP contribution in [-0.4, -0.2) is 5.11 Å². The number of hydrogen-bond donors (Lipinski definition) is 1. The summed E-state index contributed by atoms with van der Waals surface area (Å²) in [6, 6.07) is 9.95. The van der Waals surface area contributed by atoms with E-state index >= 15 is 0 Å². The lowest BCUT2D eigenvalue weighted by Gasteiger charge is -2.05. The third-order valence-corrected chi connectivity index (χ3v) is 2.95. The fourth-order valence-electron chi connectivity index (χ4n) is 1.43. The van der Waals surface area contributed by atoms with Crippen molar-refractivity contribution in [3.8, 4) is 5.75 Å². The Balaban J connectivity index is 2.94. The first-order chi connectivity index (χ1) is 6.20. The second-order valence-corrected chi connectivity index (χ2v) is 3.87. The number of rotatable bonds is 0. The standard InChI is InChI=1S/C11H9BrO/c1-7-6-8-4-2-3-5-9(8)10(12)11(7)13/h2-6,13H,1H3. The van der Waals surface area contributed by atoms with Crippen molar-refractivity contribution in [2.24, 2.45) is 0 Å². The van der Waals surface area contributed by atoms with Gasteiger partial charge in [-0.25, -0.2) is 0 Å². The van der Waals surface area contributed by atoms with E-state index in [4.69, 9.17) is 0 Å². The van der Waals surface area contributed by atoms with Crippen LogP contribution < -0.4 is 0 Å². The summed E-state index contributed by atoms with van der Waals surface area (Å²) in [5.41, 5.74) is 0.894. The molecule has 66 valence electrons. The molecule has 0 atom stereocenters. The third kappa shape index (κ3) is 1.31. The highest BCUT2D eigenvalue weighted by atomic mass is 79.9. The summed E-state index contributed by atoms with van der Waals surface area (Å²) in [7, 11) is 0. The molecule has 0 bridgehead atoms. The lowest BCUT2D eigenvalue weighted by Crippen LogP contribution is -1.80. The van der Waals surface area contributed by atoms with Gasteiger partial charge in [-0.05, 0) is 45.3 Å². The van der Waals surface area contributed by atoms with Crippen molar-refractivity contribution in [1.29, 1.82) is 0 Å². The van der Waals surface area contributed by atoms with Gasteiger partial charge in [0.1, 0.15) is 5.75 Å². The maximum absolute atomic E-state index is 9.66. The SMILES string of the molecule is Cc1cc2ccccc2c(Br)c1O. The van der Waals surface area contributed by atoms with Crippen LogP contribution in [-0.2, 0) is 0 Å². The van der Waals surface area contributed by atoms with Crippen molar-refractivity contribution < 1.29 is 5.11 Å². The molecule has 0 fully saturated rings. The molecule has 0 heterocycles. The van der Waals surface area contributed by atoms with Crippen molar-refractivity contribution in [2.45, 2.75) is 6.92 Å². The summed E-state index contributed by atoms with van der Waals surface area (Å²) in [6.07, 6.45) is 0. The monoisotopic (exact) mass is 236 g/mol. The topological polar surface area (TPSA) is 20.2 Å². The first-order valence-electron chi connectivity index (χ1n) is 4.07. The van der Waals surface area contributed by atoms with Crippen LogP contribution in [0.15, 0.2) is 34.8 Å². The Bertz CT molecular complexity index is 463. The number of aryl methyl sites for hydroxylation is 1. The summed E-state index contributed by atoms with van der Waals surface area (Å²) < 4.78 is 0.781. The van der Waals surface area contributed by atoms with Gasteiger partial charge in [0.25, 0.3) is 0 Å². The van der Waals surface area contributed by atoms with Gasteiger partial charge in [-0.1, -0.05) is 24.3 Å². The molecule has 2 aromatic rings. The Morgan fingerprint density at radius 1 is 1.23 bits per heavy atom. The Labute approximate surface area is 85.1 Å². The maximum Gasteiger partial charge on any atom is 0.133 e. The van der Waals surface area contributed by atoms with E-state index in [0.717, 1.165) is 20.8 Å². The van der Waals surface area contributed by atoms with E-state index in [9.17, 15) is 5.11 Å². The molecule has 1 N–H and O–H groups in total. The Kier molecular flexibility index (Phi) is 2.00. The van der Waals surface area contributed by atoms with Gasteiger partial charge in [0.2, 0.25) is 0 Å². The molecular weight excluding hydrogens is 228 g/mol.